The van der Waals surface area contributed by atoms with Gasteiger partial charge in [0.1, 0.15) is 0 Å². The standard InChI is InChI=1S/C15H21N3O/c1-11-8-13-14(4-3-5-15(13)19)18(11)7-6-12-9-16-17(2)10-12/h8-10,15,19H,3-7H2,1-2H3. The first kappa shape index (κ1) is 12.5. The average molecular weight is 259 g/mol. The molecule has 2 aromatic heterocycles. The van der Waals surface area contributed by atoms with Gasteiger partial charge in [0.15, 0.2) is 0 Å². The molecule has 0 amide bonds. The molecule has 102 valence electrons. The van der Waals surface area contributed by atoms with Crippen LogP contribution in [0.1, 0.15) is 41.5 Å². The minimum absolute atomic E-state index is 0.262. The van der Waals surface area contributed by atoms with Crippen LogP contribution in [0.4, 0.5) is 0 Å². The van der Waals surface area contributed by atoms with Crippen molar-refractivity contribution in [2.75, 3.05) is 0 Å². The molecule has 19 heavy (non-hydrogen) atoms. The van der Waals surface area contributed by atoms with Gasteiger partial charge in [0.25, 0.3) is 0 Å². The second-order valence-electron chi connectivity index (χ2n) is 5.52. The van der Waals surface area contributed by atoms with Gasteiger partial charge in [-0.15, -0.1) is 0 Å². The van der Waals surface area contributed by atoms with Crippen molar-refractivity contribution < 1.29 is 5.11 Å². The number of aromatic nitrogens is 3. The summed E-state index contributed by atoms with van der Waals surface area (Å²) in [5.74, 6) is 0. The summed E-state index contributed by atoms with van der Waals surface area (Å²) in [6.07, 6.45) is 7.81. The number of aliphatic hydroxyl groups is 1. The first-order valence-electron chi connectivity index (χ1n) is 6.99. The zero-order valence-electron chi connectivity index (χ0n) is 11.6. The Labute approximate surface area is 113 Å². The van der Waals surface area contributed by atoms with Gasteiger partial charge < -0.3 is 9.67 Å². The van der Waals surface area contributed by atoms with Crippen LogP contribution < -0.4 is 0 Å². The minimum atomic E-state index is -0.262. The quantitative estimate of drug-likeness (QED) is 0.917. The molecule has 4 heteroatoms. The van der Waals surface area contributed by atoms with E-state index in [2.05, 4.69) is 28.9 Å². The SMILES string of the molecule is Cc1cc2c(n1CCc1cnn(C)c1)CCCC2O. The Morgan fingerprint density at radius 1 is 1.47 bits per heavy atom. The number of fused-ring (bicyclic) bond motifs is 1. The Bertz CT molecular complexity index is 582. The Morgan fingerprint density at radius 2 is 2.32 bits per heavy atom. The van der Waals surface area contributed by atoms with E-state index in [-0.39, 0.29) is 6.10 Å². The monoisotopic (exact) mass is 259 g/mol. The molecule has 1 aliphatic rings. The largest absolute Gasteiger partial charge is 0.388 e. The molecule has 1 N–H and O–H groups in total. The molecule has 2 aromatic rings. The smallest absolute Gasteiger partial charge is 0.0807 e. The third-order valence-electron chi connectivity index (χ3n) is 4.08. The highest BCUT2D eigenvalue weighted by Gasteiger charge is 2.22. The maximum atomic E-state index is 10.1. The zero-order valence-corrected chi connectivity index (χ0v) is 11.6. The van der Waals surface area contributed by atoms with Crippen molar-refractivity contribution >= 4 is 0 Å². The molecule has 0 spiro atoms. The summed E-state index contributed by atoms with van der Waals surface area (Å²) in [5.41, 5.74) is 5.01. The Balaban J connectivity index is 1.81. The molecule has 0 bridgehead atoms. The maximum Gasteiger partial charge on any atom is 0.0807 e. The number of nitrogens with zero attached hydrogens (tertiary/aromatic N) is 3. The van der Waals surface area contributed by atoms with Crippen LogP contribution in [0, 0.1) is 6.92 Å². The number of aryl methyl sites for hydroxylation is 3. The van der Waals surface area contributed by atoms with Gasteiger partial charge in [0, 0.05) is 36.7 Å². The highest BCUT2D eigenvalue weighted by atomic mass is 16.3. The molecule has 0 aliphatic heterocycles. The predicted molar refractivity (Wildman–Crippen MR) is 74.0 cm³/mol. The van der Waals surface area contributed by atoms with Crippen LogP contribution in [0.5, 0.6) is 0 Å². The number of hydrogen-bond donors (Lipinski definition) is 1. The molecule has 0 fully saturated rings. The molecule has 1 unspecified atom stereocenters. The summed E-state index contributed by atoms with van der Waals surface area (Å²) < 4.78 is 4.21. The van der Waals surface area contributed by atoms with Crippen molar-refractivity contribution in [1.29, 1.82) is 0 Å². The zero-order chi connectivity index (χ0) is 13.4. The molecule has 0 radical (unpaired) electrons. The van der Waals surface area contributed by atoms with Crippen molar-refractivity contribution in [3.63, 3.8) is 0 Å². The molecule has 3 rings (SSSR count). The van der Waals surface area contributed by atoms with Crippen LogP contribution in [-0.4, -0.2) is 19.5 Å². The van der Waals surface area contributed by atoms with Crippen LogP contribution in [-0.2, 0) is 26.4 Å². The first-order chi connectivity index (χ1) is 9.15. The van der Waals surface area contributed by atoms with Gasteiger partial charge >= 0.3 is 0 Å². The fraction of sp³-hybridized carbons (Fsp3) is 0.533. The predicted octanol–water partition coefficient (Wildman–Crippen LogP) is 2.14. The van der Waals surface area contributed by atoms with Crippen LogP contribution in [0.15, 0.2) is 18.5 Å². The van der Waals surface area contributed by atoms with Crippen LogP contribution >= 0.6 is 0 Å². The normalized spacial score (nSPS) is 18.6. The topological polar surface area (TPSA) is 43.0 Å². The fourth-order valence-electron chi connectivity index (χ4n) is 3.09. The van der Waals surface area contributed by atoms with E-state index in [1.54, 1.807) is 0 Å². The molecule has 0 saturated heterocycles. The highest BCUT2D eigenvalue weighted by molar-refractivity contribution is 5.31. The van der Waals surface area contributed by atoms with E-state index in [1.165, 1.54) is 17.0 Å². The summed E-state index contributed by atoms with van der Waals surface area (Å²) in [5, 5.41) is 14.3. The van der Waals surface area contributed by atoms with Gasteiger partial charge in [-0.3, -0.25) is 4.68 Å². The number of rotatable bonds is 3. The van der Waals surface area contributed by atoms with Crippen molar-refractivity contribution in [2.45, 2.75) is 45.3 Å². The molecule has 4 nitrogen and oxygen atoms in total. The summed E-state index contributed by atoms with van der Waals surface area (Å²) in [7, 11) is 1.95. The van der Waals surface area contributed by atoms with Crippen molar-refractivity contribution in [1.82, 2.24) is 14.3 Å². The molecular weight excluding hydrogens is 238 g/mol. The minimum Gasteiger partial charge on any atom is -0.388 e. The third-order valence-corrected chi connectivity index (χ3v) is 4.08. The lowest BCUT2D eigenvalue weighted by Crippen LogP contribution is -2.13. The summed E-state index contributed by atoms with van der Waals surface area (Å²) in [6, 6.07) is 2.16. The van der Waals surface area contributed by atoms with Gasteiger partial charge in [0.05, 0.1) is 12.3 Å². The van der Waals surface area contributed by atoms with Crippen LogP contribution in [0.2, 0.25) is 0 Å². The Hall–Kier alpha value is -1.55. The van der Waals surface area contributed by atoms with E-state index in [4.69, 9.17) is 0 Å². The molecule has 0 saturated carbocycles. The Kier molecular flexibility index (Phi) is 3.19. The molecule has 0 aromatic carbocycles. The lowest BCUT2D eigenvalue weighted by Gasteiger charge is -2.20. The second-order valence-corrected chi connectivity index (χ2v) is 5.52. The highest BCUT2D eigenvalue weighted by Crippen LogP contribution is 2.32. The van der Waals surface area contributed by atoms with Crippen molar-refractivity contribution in [3.05, 3.63) is 41.0 Å². The second kappa shape index (κ2) is 4.85. The molecular formula is C15H21N3O. The maximum absolute atomic E-state index is 10.1. The number of hydrogen-bond acceptors (Lipinski definition) is 2. The van der Waals surface area contributed by atoms with Gasteiger partial charge in [-0.25, -0.2) is 0 Å². The van der Waals surface area contributed by atoms with Crippen LogP contribution in [0.3, 0.4) is 0 Å². The van der Waals surface area contributed by atoms with E-state index in [0.29, 0.717) is 0 Å². The van der Waals surface area contributed by atoms with E-state index in [9.17, 15) is 5.11 Å². The summed E-state index contributed by atoms with van der Waals surface area (Å²) in [4.78, 5) is 0. The lowest BCUT2D eigenvalue weighted by atomic mass is 9.95. The fourth-order valence-corrected chi connectivity index (χ4v) is 3.09. The Morgan fingerprint density at radius 3 is 3.05 bits per heavy atom. The summed E-state index contributed by atoms with van der Waals surface area (Å²) >= 11 is 0. The van der Waals surface area contributed by atoms with Gasteiger partial charge in [0.2, 0.25) is 0 Å². The van der Waals surface area contributed by atoms with Crippen LogP contribution in [0.25, 0.3) is 0 Å². The van der Waals surface area contributed by atoms with Gasteiger partial charge in [-0.2, -0.15) is 5.10 Å². The summed E-state index contributed by atoms with van der Waals surface area (Å²) in [6.45, 7) is 3.11. The molecule has 1 aliphatic carbocycles. The lowest BCUT2D eigenvalue weighted by molar-refractivity contribution is 0.155. The van der Waals surface area contributed by atoms with E-state index < -0.39 is 0 Å². The van der Waals surface area contributed by atoms with Gasteiger partial charge in [-0.1, -0.05) is 0 Å². The van der Waals surface area contributed by atoms with E-state index in [0.717, 1.165) is 37.8 Å². The van der Waals surface area contributed by atoms with Gasteiger partial charge in [-0.05, 0) is 44.2 Å². The molecule has 1 atom stereocenters. The number of aliphatic hydroxyl groups excluding tert-OH is 1. The first-order valence-corrected chi connectivity index (χ1v) is 6.99. The van der Waals surface area contributed by atoms with Crippen molar-refractivity contribution in [2.24, 2.45) is 7.05 Å². The van der Waals surface area contributed by atoms with E-state index in [1.807, 2.05) is 17.9 Å². The van der Waals surface area contributed by atoms with E-state index >= 15 is 0 Å². The average Bonchev–Trinajstić information content (AvgIpc) is 2.92. The van der Waals surface area contributed by atoms with Crippen molar-refractivity contribution in [3.8, 4) is 0 Å². The molecule has 2 heterocycles. The third kappa shape index (κ3) is 2.32.